The van der Waals surface area contributed by atoms with E-state index in [1.54, 1.807) is 6.07 Å². The lowest BCUT2D eigenvalue weighted by atomic mass is 9.78. The first-order chi connectivity index (χ1) is 18.7. The molecule has 39 heavy (non-hydrogen) atoms. The summed E-state index contributed by atoms with van der Waals surface area (Å²) in [5.41, 5.74) is 13.7. The first kappa shape index (κ1) is 26.1. The number of anilines is 4. The number of para-hydroxylation sites is 1. The fourth-order valence-electron chi connectivity index (χ4n) is 5.25. The van der Waals surface area contributed by atoms with Gasteiger partial charge < -0.3 is 15.7 Å². The highest BCUT2D eigenvalue weighted by Crippen LogP contribution is 2.43. The molecule has 0 amide bonds. The topological polar surface area (TPSA) is 49.5 Å². The van der Waals surface area contributed by atoms with E-state index in [0.717, 1.165) is 11.4 Å². The van der Waals surface area contributed by atoms with E-state index < -0.39 is 0 Å². The molecule has 0 bridgehead atoms. The summed E-state index contributed by atoms with van der Waals surface area (Å²) < 4.78 is 0. The zero-order valence-electron chi connectivity index (χ0n) is 23.1. The van der Waals surface area contributed by atoms with Gasteiger partial charge in [0.05, 0.1) is 11.4 Å². The Morgan fingerprint density at radius 1 is 0.487 bits per heavy atom. The van der Waals surface area contributed by atoms with Crippen molar-refractivity contribution in [3.8, 4) is 5.75 Å². The largest absolute Gasteiger partial charge is 0.504 e. The third-order valence-electron chi connectivity index (χ3n) is 7.97. The van der Waals surface area contributed by atoms with Crippen LogP contribution in [-0.4, -0.2) is 5.11 Å². The molecule has 0 spiro atoms. The molecule has 5 aromatic carbocycles. The molecular formula is C36H36N2O. The third kappa shape index (κ3) is 5.00. The molecule has 0 heterocycles. The zero-order chi connectivity index (χ0) is 27.6. The fraction of sp³-hybridized carbons (Fsp3) is 0.167. The summed E-state index contributed by atoms with van der Waals surface area (Å²) in [6.07, 6.45) is 0. The zero-order valence-corrected chi connectivity index (χ0v) is 23.1. The van der Waals surface area contributed by atoms with Crippen LogP contribution >= 0.6 is 0 Å². The van der Waals surface area contributed by atoms with Crippen LogP contribution in [0.25, 0.3) is 0 Å². The van der Waals surface area contributed by atoms with Gasteiger partial charge in [-0.2, -0.15) is 0 Å². The monoisotopic (exact) mass is 512 g/mol. The molecule has 196 valence electrons. The number of hydrogen-bond donors (Lipinski definition) is 2. The average Bonchev–Trinajstić information content (AvgIpc) is 2.97. The van der Waals surface area contributed by atoms with E-state index in [4.69, 9.17) is 5.73 Å². The van der Waals surface area contributed by atoms with E-state index in [1.165, 1.54) is 22.3 Å². The highest BCUT2D eigenvalue weighted by molar-refractivity contribution is 5.83. The SMILES string of the molecule is CC(C)(c1ccccc1)c1ccc(N(c2ccc(C(C)(C)c3ccccc3)cc2)c2cccc(N)c2O)cc1. The van der Waals surface area contributed by atoms with Crippen molar-refractivity contribution < 1.29 is 5.11 Å². The molecule has 3 N–H and O–H groups in total. The molecule has 0 saturated heterocycles. The van der Waals surface area contributed by atoms with Gasteiger partial charge in [-0.1, -0.05) is 119 Å². The molecule has 0 saturated carbocycles. The van der Waals surface area contributed by atoms with Crippen molar-refractivity contribution in [1.82, 2.24) is 0 Å². The van der Waals surface area contributed by atoms with Crippen molar-refractivity contribution >= 4 is 22.7 Å². The van der Waals surface area contributed by atoms with Gasteiger partial charge >= 0.3 is 0 Å². The molecule has 0 radical (unpaired) electrons. The van der Waals surface area contributed by atoms with Crippen molar-refractivity contribution in [3.05, 3.63) is 150 Å². The van der Waals surface area contributed by atoms with Gasteiger partial charge in [0.15, 0.2) is 5.75 Å². The number of aromatic hydroxyl groups is 1. The molecule has 5 rings (SSSR count). The van der Waals surface area contributed by atoms with Crippen molar-refractivity contribution in [1.29, 1.82) is 0 Å². The van der Waals surface area contributed by atoms with Crippen LogP contribution < -0.4 is 10.6 Å². The number of nitrogens with two attached hydrogens (primary N) is 1. The van der Waals surface area contributed by atoms with E-state index in [2.05, 4.69) is 130 Å². The van der Waals surface area contributed by atoms with Crippen LogP contribution in [-0.2, 0) is 10.8 Å². The van der Waals surface area contributed by atoms with Crippen LogP contribution in [0.3, 0.4) is 0 Å². The van der Waals surface area contributed by atoms with Crippen molar-refractivity contribution in [2.24, 2.45) is 0 Å². The number of phenolic OH excluding ortho intramolecular Hbond substituents is 1. The predicted octanol–water partition coefficient (Wildman–Crippen LogP) is 9.10. The summed E-state index contributed by atoms with van der Waals surface area (Å²) in [5, 5.41) is 11.0. The van der Waals surface area contributed by atoms with Gasteiger partial charge in [0.1, 0.15) is 0 Å². The fourth-order valence-corrected chi connectivity index (χ4v) is 5.25. The van der Waals surface area contributed by atoms with Gasteiger partial charge in [-0.3, -0.25) is 0 Å². The Balaban J connectivity index is 1.56. The minimum absolute atomic E-state index is 0.0693. The van der Waals surface area contributed by atoms with Crippen LogP contribution in [0, 0.1) is 0 Å². The van der Waals surface area contributed by atoms with Gasteiger partial charge in [-0.15, -0.1) is 0 Å². The third-order valence-corrected chi connectivity index (χ3v) is 7.97. The number of phenols is 1. The van der Waals surface area contributed by atoms with E-state index >= 15 is 0 Å². The van der Waals surface area contributed by atoms with Crippen LogP contribution in [0.1, 0.15) is 49.9 Å². The minimum Gasteiger partial charge on any atom is -0.504 e. The summed E-state index contributed by atoms with van der Waals surface area (Å²) in [5.74, 6) is 0.0693. The van der Waals surface area contributed by atoms with Crippen molar-refractivity contribution in [2.45, 2.75) is 38.5 Å². The predicted molar refractivity (Wildman–Crippen MR) is 164 cm³/mol. The molecule has 0 aliphatic carbocycles. The number of nitrogen functional groups attached to an aromatic ring is 1. The molecule has 3 nitrogen and oxygen atoms in total. The van der Waals surface area contributed by atoms with Crippen LogP contribution in [0.4, 0.5) is 22.7 Å². The quantitative estimate of drug-likeness (QED) is 0.169. The lowest BCUT2D eigenvalue weighted by Gasteiger charge is -2.30. The molecule has 0 atom stereocenters. The maximum absolute atomic E-state index is 11.0. The highest BCUT2D eigenvalue weighted by atomic mass is 16.3. The Hall–Kier alpha value is -4.50. The Kier molecular flexibility index (Phi) is 6.93. The van der Waals surface area contributed by atoms with Crippen LogP contribution in [0.5, 0.6) is 5.75 Å². The second-order valence-corrected chi connectivity index (χ2v) is 11.1. The smallest absolute Gasteiger partial charge is 0.162 e. The molecule has 0 fully saturated rings. The summed E-state index contributed by atoms with van der Waals surface area (Å²) >= 11 is 0. The van der Waals surface area contributed by atoms with Gasteiger partial charge in [0.2, 0.25) is 0 Å². The molecule has 0 aliphatic rings. The Labute approximate surface area is 232 Å². The lowest BCUT2D eigenvalue weighted by Crippen LogP contribution is -2.19. The van der Waals surface area contributed by atoms with Gasteiger partial charge in [0.25, 0.3) is 0 Å². The maximum Gasteiger partial charge on any atom is 0.162 e. The summed E-state index contributed by atoms with van der Waals surface area (Å²) in [7, 11) is 0. The standard InChI is InChI=1S/C36H36N2O/c1-35(2,26-12-7-5-8-13-26)28-18-22-30(23-19-28)38(33-17-11-16-32(37)34(33)39)31-24-20-29(21-25-31)36(3,4)27-14-9-6-10-15-27/h5-25,39H,37H2,1-4H3. The lowest BCUT2D eigenvalue weighted by molar-refractivity contribution is 0.479. The molecule has 0 unspecified atom stereocenters. The first-order valence-corrected chi connectivity index (χ1v) is 13.4. The molecule has 0 aromatic heterocycles. The van der Waals surface area contributed by atoms with Gasteiger partial charge in [-0.25, -0.2) is 0 Å². The van der Waals surface area contributed by atoms with Crippen LogP contribution in [0.2, 0.25) is 0 Å². The second-order valence-electron chi connectivity index (χ2n) is 11.1. The molecule has 5 aromatic rings. The summed E-state index contributed by atoms with van der Waals surface area (Å²) in [6, 6.07) is 43.7. The molecule has 0 aliphatic heterocycles. The Morgan fingerprint density at radius 2 is 0.872 bits per heavy atom. The number of hydrogen-bond acceptors (Lipinski definition) is 3. The van der Waals surface area contributed by atoms with Gasteiger partial charge in [0, 0.05) is 22.2 Å². The Bertz CT molecular complexity index is 1440. The normalized spacial score (nSPS) is 11.8. The van der Waals surface area contributed by atoms with E-state index in [1.807, 2.05) is 24.3 Å². The second kappa shape index (κ2) is 10.3. The average molecular weight is 513 g/mol. The van der Waals surface area contributed by atoms with E-state index in [-0.39, 0.29) is 16.6 Å². The summed E-state index contributed by atoms with van der Waals surface area (Å²) in [6.45, 7) is 8.97. The number of rotatable bonds is 7. The molecular weight excluding hydrogens is 476 g/mol. The van der Waals surface area contributed by atoms with Crippen molar-refractivity contribution in [3.63, 3.8) is 0 Å². The summed E-state index contributed by atoms with van der Waals surface area (Å²) in [4.78, 5) is 2.06. The highest BCUT2D eigenvalue weighted by Gasteiger charge is 2.26. The minimum atomic E-state index is -0.144. The van der Waals surface area contributed by atoms with E-state index in [0.29, 0.717) is 11.4 Å². The first-order valence-electron chi connectivity index (χ1n) is 13.4. The van der Waals surface area contributed by atoms with Crippen LogP contribution in [0.15, 0.2) is 127 Å². The maximum atomic E-state index is 11.0. The number of nitrogens with zero attached hydrogens (tertiary/aromatic N) is 1. The van der Waals surface area contributed by atoms with Crippen molar-refractivity contribution in [2.75, 3.05) is 10.6 Å². The van der Waals surface area contributed by atoms with Gasteiger partial charge in [-0.05, 0) is 58.7 Å². The Morgan fingerprint density at radius 3 is 1.28 bits per heavy atom. The number of benzene rings is 5. The van der Waals surface area contributed by atoms with E-state index in [9.17, 15) is 5.11 Å². The molecule has 3 heteroatoms.